The molecule has 2 saturated heterocycles. The Bertz CT molecular complexity index is 936. The van der Waals surface area contributed by atoms with Crippen LogP contribution < -0.4 is 18.9 Å². The number of hydrogen-bond donors (Lipinski definition) is 0. The van der Waals surface area contributed by atoms with E-state index < -0.39 is 11.9 Å². The predicted molar refractivity (Wildman–Crippen MR) is 113 cm³/mol. The molecule has 8 heteroatoms. The molecule has 170 valence electrons. The van der Waals surface area contributed by atoms with E-state index >= 15 is 0 Å². The Hall–Kier alpha value is -3.10. The Balaban J connectivity index is 1.54. The number of rotatable bonds is 6. The lowest BCUT2D eigenvalue weighted by molar-refractivity contribution is -0.132. The van der Waals surface area contributed by atoms with E-state index in [2.05, 4.69) is 0 Å². The summed E-state index contributed by atoms with van der Waals surface area (Å²) in [5, 5.41) is 0. The number of methoxy groups -OCH3 is 2. The molecule has 4 atom stereocenters. The molecular weight excluding hydrogens is 416 g/mol. The molecule has 0 aromatic heterocycles. The van der Waals surface area contributed by atoms with Crippen LogP contribution in [-0.2, 0) is 19.1 Å². The summed E-state index contributed by atoms with van der Waals surface area (Å²) >= 11 is 0. The van der Waals surface area contributed by atoms with Gasteiger partial charge in [-0.15, -0.1) is 0 Å². The molecule has 0 spiro atoms. The second-order valence-electron chi connectivity index (χ2n) is 7.84. The fourth-order valence-corrected chi connectivity index (χ4v) is 4.44. The van der Waals surface area contributed by atoms with E-state index in [1.807, 2.05) is 24.3 Å². The third-order valence-electron chi connectivity index (χ3n) is 5.80. The standard InChI is InChI=1S/C24H26O8/c1-13(25)31-19-7-5-15(9-21(19)27-3)23-17-11-30-24(18(17)12-29-23)16-6-8-20(32-14(2)26)22(10-16)28-4/h5-10,17-18,23-24H,11-12H2,1-4H3. The number of benzene rings is 2. The zero-order chi connectivity index (χ0) is 22.8. The Labute approximate surface area is 186 Å². The molecular formula is C24H26O8. The van der Waals surface area contributed by atoms with Crippen molar-refractivity contribution >= 4 is 11.9 Å². The summed E-state index contributed by atoms with van der Waals surface area (Å²) in [6, 6.07) is 10.9. The van der Waals surface area contributed by atoms with Gasteiger partial charge < -0.3 is 28.4 Å². The van der Waals surface area contributed by atoms with Gasteiger partial charge in [-0.2, -0.15) is 0 Å². The van der Waals surface area contributed by atoms with Gasteiger partial charge in [-0.3, -0.25) is 9.59 Å². The molecule has 0 radical (unpaired) electrons. The highest BCUT2D eigenvalue weighted by molar-refractivity contribution is 5.71. The summed E-state index contributed by atoms with van der Waals surface area (Å²) in [6.07, 6.45) is -0.319. The first-order valence-corrected chi connectivity index (χ1v) is 10.4. The fourth-order valence-electron chi connectivity index (χ4n) is 4.44. The fraction of sp³-hybridized carbons (Fsp3) is 0.417. The van der Waals surface area contributed by atoms with Crippen LogP contribution in [0.4, 0.5) is 0 Å². The molecule has 0 bridgehead atoms. The van der Waals surface area contributed by atoms with Crippen molar-refractivity contribution in [2.24, 2.45) is 11.8 Å². The molecule has 0 aliphatic carbocycles. The molecule has 0 amide bonds. The molecule has 32 heavy (non-hydrogen) atoms. The average Bonchev–Trinajstić information content (AvgIpc) is 3.36. The molecule has 2 aromatic rings. The molecule has 2 aromatic carbocycles. The number of carbonyl (C=O) groups excluding carboxylic acids is 2. The number of hydrogen-bond acceptors (Lipinski definition) is 8. The summed E-state index contributed by atoms with van der Waals surface area (Å²) in [7, 11) is 3.07. The van der Waals surface area contributed by atoms with Crippen LogP contribution in [0.1, 0.15) is 37.2 Å². The first kappa shape index (κ1) is 22.1. The third kappa shape index (κ3) is 4.28. The molecule has 2 aliphatic heterocycles. The van der Waals surface area contributed by atoms with Gasteiger partial charge in [0.25, 0.3) is 0 Å². The van der Waals surface area contributed by atoms with Gasteiger partial charge >= 0.3 is 11.9 Å². The van der Waals surface area contributed by atoms with Crippen molar-refractivity contribution in [1.82, 2.24) is 0 Å². The van der Waals surface area contributed by atoms with Gasteiger partial charge in [0, 0.05) is 25.7 Å². The summed E-state index contributed by atoms with van der Waals surface area (Å²) in [4.78, 5) is 22.6. The minimum absolute atomic E-state index is 0.156. The van der Waals surface area contributed by atoms with Crippen molar-refractivity contribution in [2.75, 3.05) is 27.4 Å². The minimum atomic E-state index is -0.407. The van der Waals surface area contributed by atoms with Crippen molar-refractivity contribution in [3.05, 3.63) is 47.5 Å². The monoisotopic (exact) mass is 442 g/mol. The van der Waals surface area contributed by atoms with E-state index in [1.165, 1.54) is 28.1 Å². The van der Waals surface area contributed by atoms with Gasteiger partial charge in [-0.05, 0) is 35.4 Å². The van der Waals surface area contributed by atoms with E-state index in [-0.39, 0.29) is 24.0 Å². The predicted octanol–water partition coefficient (Wildman–Crippen LogP) is 3.63. The second-order valence-corrected chi connectivity index (χ2v) is 7.84. The van der Waals surface area contributed by atoms with Crippen LogP contribution in [0.15, 0.2) is 36.4 Å². The van der Waals surface area contributed by atoms with Crippen molar-refractivity contribution in [2.45, 2.75) is 26.1 Å². The van der Waals surface area contributed by atoms with Gasteiger partial charge in [0.15, 0.2) is 23.0 Å². The van der Waals surface area contributed by atoms with Crippen molar-refractivity contribution in [1.29, 1.82) is 0 Å². The maximum absolute atomic E-state index is 11.3. The van der Waals surface area contributed by atoms with Crippen LogP contribution in [0, 0.1) is 11.8 Å². The number of esters is 2. The lowest BCUT2D eigenvalue weighted by Crippen LogP contribution is -2.15. The van der Waals surface area contributed by atoms with Gasteiger partial charge in [0.05, 0.1) is 39.6 Å². The zero-order valence-electron chi connectivity index (χ0n) is 18.5. The molecule has 0 saturated carbocycles. The van der Waals surface area contributed by atoms with Crippen LogP contribution in [-0.4, -0.2) is 39.4 Å². The van der Waals surface area contributed by atoms with Gasteiger partial charge in [-0.25, -0.2) is 0 Å². The van der Waals surface area contributed by atoms with Gasteiger partial charge in [0.2, 0.25) is 0 Å². The van der Waals surface area contributed by atoms with Gasteiger partial charge in [-0.1, -0.05) is 12.1 Å². The Morgan fingerprint density at radius 2 is 1.12 bits per heavy atom. The number of carbonyl (C=O) groups is 2. The topological polar surface area (TPSA) is 89.5 Å². The third-order valence-corrected chi connectivity index (χ3v) is 5.80. The van der Waals surface area contributed by atoms with Crippen LogP contribution >= 0.6 is 0 Å². The normalized spacial score (nSPS) is 24.0. The maximum atomic E-state index is 11.3. The van der Waals surface area contributed by atoms with E-state index in [0.29, 0.717) is 36.2 Å². The number of ether oxygens (including phenoxy) is 6. The first-order valence-electron chi connectivity index (χ1n) is 10.4. The van der Waals surface area contributed by atoms with Crippen LogP contribution in [0.25, 0.3) is 0 Å². The summed E-state index contributed by atoms with van der Waals surface area (Å²) < 4.78 is 33.5. The van der Waals surface area contributed by atoms with Crippen LogP contribution in [0.2, 0.25) is 0 Å². The molecule has 2 aliphatic rings. The first-order chi connectivity index (χ1) is 15.4. The highest BCUT2D eigenvalue weighted by Gasteiger charge is 2.48. The quantitative estimate of drug-likeness (QED) is 0.495. The van der Waals surface area contributed by atoms with E-state index in [1.54, 1.807) is 12.1 Å². The molecule has 0 N–H and O–H groups in total. The van der Waals surface area contributed by atoms with Crippen molar-refractivity contribution in [3.63, 3.8) is 0 Å². The Morgan fingerprint density at radius 1 is 0.719 bits per heavy atom. The van der Waals surface area contributed by atoms with Crippen molar-refractivity contribution in [3.8, 4) is 23.0 Å². The van der Waals surface area contributed by atoms with E-state index in [9.17, 15) is 9.59 Å². The van der Waals surface area contributed by atoms with E-state index in [4.69, 9.17) is 28.4 Å². The SMILES string of the molecule is COc1cc(C2OCC3C(c4ccc(OC(C)=O)c(OC)c4)OCC23)ccc1OC(C)=O. The van der Waals surface area contributed by atoms with E-state index in [0.717, 1.165) is 11.1 Å². The van der Waals surface area contributed by atoms with Crippen LogP contribution in [0.3, 0.4) is 0 Å². The van der Waals surface area contributed by atoms with Crippen molar-refractivity contribution < 1.29 is 38.0 Å². The highest BCUT2D eigenvalue weighted by atomic mass is 16.6. The molecule has 4 unspecified atom stereocenters. The molecule has 2 heterocycles. The van der Waals surface area contributed by atoms with Gasteiger partial charge in [0.1, 0.15) is 0 Å². The minimum Gasteiger partial charge on any atom is -0.493 e. The molecule has 2 fully saturated rings. The molecule has 4 rings (SSSR count). The summed E-state index contributed by atoms with van der Waals surface area (Å²) in [6.45, 7) is 3.79. The maximum Gasteiger partial charge on any atom is 0.308 e. The largest absolute Gasteiger partial charge is 0.493 e. The number of fused-ring (bicyclic) bond motifs is 1. The van der Waals surface area contributed by atoms with Crippen LogP contribution in [0.5, 0.6) is 23.0 Å². The Kier molecular flexibility index (Phi) is 6.34. The average molecular weight is 442 g/mol. The smallest absolute Gasteiger partial charge is 0.308 e. The summed E-state index contributed by atoms with van der Waals surface area (Å²) in [5.41, 5.74) is 1.88. The molecule has 8 nitrogen and oxygen atoms in total. The lowest BCUT2D eigenvalue weighted by atomic mass is 9.85. The highest BCUT2D eigenvalue weighted by Crippen LogP contribution is 2.51. The zero-order valence-corrected chi connectivity index (χ0v) is 18.5. The summed E-state index contributed by atoms with van der Waals surface area (Å²) in [5.74, 6) is 1.20. The lowest BCUT2D eigenvalue weighted by Gasteiger charge is -2.18. The Morgan fingerprint density at radius 3 is 1.47 bits per heavy atom. The second kappa shape index (κ2) is 9.18.